The molecule has 0 heterocycles. The number of amides is 1. The minimum atomic E-state index is -2.51. The highest BCUT2D eigenvalue weighted by atomic mass is 19.3. The molecule has 1 aromatic rings. The zero-order valence-corrected chi connectivity index (χ0v) is 12.2. The quantitative estimate of drug-likeness (QED) is 0.712. The van der Waals surface area contributed by atoms with Crippen molar-refractivity contribution in [1.82, 2.24) is 0 Å². The van der Waals surface area contributed by atoms with E-state index in [-0.39, 0.29) is 18.9 Å². The number of benzene rings is 1. The van der Waals surface area contributed by atoms with Crippen molar-refractivity contribution in [3.8, 4) is 0 Å². The van der Waals surface area contributed by atoms with Gasteiger partial charge in [-0.25, -0.2) is 8.78 Å². The Morgan fingerprint density at radius 1 is 1.38 bits per heavy atom. The molecule has 0 atom stereocenters. The fourth-order valence-corrected chi connectivity index (χ4v) is 1.96. The molecule has 4 nitrogen and oxygen atoms in total. The Morgan fingerprint density at radius 3 is 2.71 bits per heavy atom. The van der Waals surface area contributed by atoms with E-state index in [4.69, 9.17) is 10.5 Å². The van der Waals surface area contributed by atoms with E-state index in [9.17, 15) is 13.6 Å². The molecule has 118 valence electrons. The molecule has 0 fully saturated rings. The number of halogens is 2. The zero-order valence-electron chi connectivity index (χ0n) is 12.2. The maximum absolute atomic E-state index is 12.3. The summed E-state index contributed by atoms with van der Waals surface area (Å²) < 4.78 is 28.7. The van der Waals surface area contributed by atoms with Crippen molar-refractivity contribution in [1.29, 1.82) is 0 Å². The molecular formula is C15H22F2N2O2. The smallest absolute Gasteiger partial charge is 0.261 e. The van der Waals surface area contributed by atoms with Gasteiger partial charge in [-0.2, -0.15) is 0 Å². The van der Waals surface area contributed by atoms with Crippen LogP contribution in [0.4, 0.5) is 14.5 Å². The van der Waals surface area contributed by atoms with Crippen LogP contribution in [0.1, 0.15) is 18.4 Å². The second kappa shape index (κ2) is 9.41. The van der Waals surface area contributed by atoms with Gasteiger partial charge >= 0.3 is 0 Å². The van der Waals surface area contributed by atoms with E-state index in [1.165, 1.54) is 0 Å². The number of hydrogen-bond donors (Lipinski definition) is 1. The van der Waals surface area contributed by atoms with Gasteiger partial charge in [-0.05, 0) is 31.5 Å². The lowest BCUT2D eigenvalue weighted by Gasteiger charge is -2.24. The Balaban J connectivity index is 2.64. The van der Waals surface area contributed by atoms with Crippen molar-refractivity contribution in [3.05, 3.63) is 29.8 Å². The van der Waals surface area contributed by atoms with E-state index >= 15 is 0 Å². The number of rotatable bonds is 9. The van der Waals surface area contributed by atoms with Crippen LogP contribution >= 0.6 is 0 Å². The second-order valence-electron chi connectivity index (χ2n) is 4.69. The maximum Gasteiger partial charge on any atom is 0.261 e. The van der Waals surface area contributed by atoms with E-state index in [0.717, 1.165) is 11.3 Å². The fourth-order valence-electron chi connectivity index (χ4n) is 1.96. The molecule has 0 bridgehead atoms. The summed E-state index contributed by atoms with van der Waals surface area (Å²) in [6.45, 7) is 2.27. The predicted octanol–water partition coefficient (Wildman–Crippen LogP) is 2.35. The summed E-state index contributed by atoms with van der Waals surface area (Å²) in [7, 11) is 0. The average molecular weight is 300 g/mol. The highest BCUT2D eigenvalue weighted by molar-refractivity contribution is 5.94. The Kier molecular flexibility index (Phi) is 7.85. The Labute approximate surface area is 123 Å². The molecule has 0 aliphatic carbocycles. The number of alkyl halides is 2. The predicted molar refractivity (Wildman–Crippen MR) is 78.6 cm³/mol. The molecule has 2 N–H and O–H groups in total. The van der Waals surface area contributed by atoms with Crippen molar-refractivity contribution < 1.29 is 18.3 Å². The summed E-state index contributed by atoms with van der Waals surface area (Å²) in [6.07, 6.45) is -1.76. The van der Waals surface area contributed by atoms with Gasteiger partial charge in [-0.1, -0.05) is 18.2 Å². The summed E-state index contributed by atoms with van der Waals surface area (Å²) in [4.78, 5) is 13.9. The van der Waals surface area contributed by atoms with Crippen molar-refractivity contribution >= 4 is 11.6 Å². The standard InChI is InChI=1S/C15H22F2N2O2/c1-12-5-2-3-6-13(12)19(9-4-8-18)15(20)7-10-21-11-14(16)17/h2-3,5-6,14H,4,7-11,18H2,1H3. The lowest BCUT2D eigenvalue weighted by Crippen LogP contribution is -2.34. The monoisotopic (exact) mass is 300 g/mol. The maximum atomic E-state index is 12.3. The minimum absolute atomic E-state index is 0.00577. The summed E-state index contributed by atoms with van der Waals surface area (Å²) >= 11 is 0. The van der Waals surface area contributed by atoms with Crippen LogP contribution < -0.4 is 10.6 Å². The molecule has 1 rings (SSSR count). The van der Waals surface area contributed by atoms with Gasteiger partial charge in [0.25, 0.3) is 6.43 Å². The van der Waals surface area contributed by atoms with Gasteiger partial charge < -0.3 is 15.4 Å². The molecule has 0 saturated carbocycles. The lowest BCUT2D eigenvalue weighted by molar-refractivity contribution is -0.120. The normalized spacial score (nSPS) is 10.9. The number of hydrogen-bond acceptors (Lipinski definition) is 3. The van der Waals surface area contributed by atoms with Crippen LogP contribution in [0.2, 0.25) is 0 Å². The first kappa shape index (κ1) is 17.5. The minimum Gasteiger partial charge on any atom is -0.375 e. The Bertz CT molecular complexity index is 441. The topological polar surface area (TPSA) is 55.6 Å². The molecule has 0 unspecified atom stereocenters. The van der Waals surface area contributed by atoms with Crippen LogP contribution in [0, 0.1) is 6.92 Å². The number of para-hydroxylation sites is 1. The molecule has 0 aromatic heterocycles. The molecule has 0 saturated heterocycles. The molecule has 1 amide bonds. The number of carbonyl (C=O) groups is 1. The van der Waals surface area contributed by atoms with Crippen molar-refractivity contribution in [2.75, 3.05) is 31.2 Å². The van der Waals surface area contributed by atoms with Gasteiger partial charge in [0.2, 0.25) is 5.91 Å². The van der Waals surface area contributed by atoms with E-state index in [2.05, 4.69) is 0 Å². The number of anilines is 1. The number of nitrogens with two attached hydrogens (primary N) is 1. The summed E-state index contributed by atoms with van der Waals surface area (Å²) in [5, 5.41) is 0. The van der Waals surface area contributed by atoms with Gasteiger partial charge in [0, 0.05) is 12.2 Å². The Morgan fingerprint density at radius 2 is 2.10 bits per heavy atom. The van der Waals surface area contributed by atoms with Crippen LogP contribution in [0.15, 0.2) is 24.3 Å². The van der Waals surface area contributed by atoms with Gasteiger partial charge in [-0.3, -0.25) is 4.79 Å². The van der Waals surface area contributed by atoms with E-state index in [0.29, 0.717) is 19.5 Å². The first-order valence-corrected chi connectivity index (χ1v) is 6.98. The summed E-state index contributed by atoms with van der Waals surface area (Å²) in [5.41, 5.74) is 7.31. The van der Waals surface area contributed by atoms with Crippen LogP contribution in [0.3, 0.4) is 0 Å². The molecule has 1 aromatic carbocycles. The average Bonchev–Trinajstić information content (AvgIpc) is 2.45. The van der Waals surface area contributed by atoms with Crippen LogP contribution in [-0.2, 0) is 9.53 Å². The molecule has 6 heteroatoms. The van der Waals surface area contributed by atoms with Gasteiger partial charge in [0.1, 0.15) is 6.61 Å². The van der Waals surface area contributed by atoms with E-state index in [1.54, 1.807) is 4.90 Å². The van der Waals surface area contributed by atoms with Crippen molar-refractivity contribution in [2.24, 2.45) is 5.73 Å². The van der Waals surface area contributed by atoms with Crippen LogP contribution in [-0.4, -0.2) is 38.6 Å². The van der Waals surface area contributed by atoms with Gasteiger partial charge in [0.05, 0.1) is 13.0 Å². The second-order valence-corrected chi connectivity index (χ2v) is 4.69. The first-order valence-electron chi connectivity index (χ1n) is 6.98. The van der Waals surface area contributed by atoms with E-state index < -0.39 is 13.0 Å². The van der Waals surface area contributed by atoms with Crippen LogP contribution in [0.5, 0.6) is 0 Å². The van der Waals surface area contributed by atoms with E-state index in [1.807, 2.05) is 31.2 Å². The highest BCUT2D eigenvalue weighted by Crippen LogP contribution is 2.20. The fraction of sp³-hybridized carbons (Fsp3) is 0.533. The largest absolute Gasteiger partial charge is 0.375 e. The molecule has 0 aliphatic heterocycles. The third-order valence-electron chi connectivity index (χ3n) is 3.00. The molecule has 0 radical (unpaired) electrons. The summed E-state index contributed by atoms with van der Waals surface area (Å²) in [5.74, 6) is -0.146. The molecule has 21 heavy (non-hydrogen) atoms. The Hall–Kier alpha value is -1.53. The highest BCUT2D eigenvalue weighted by Gasteiger charge is 2.16. The summed E-state index contributed by atoms with van der Waals surface area (Å²) in [6, 6.07) is 7.55. The molecular weight excluding hydrogens is 278 g/mol. The number of aryl methyl sites for hydroxylation is 1. The third-order valence-corrected chi connectivity index (χ3v) is 3.00. The van der Waals surface area contributed by atoms with Gasteiger partial charge in [0.15, 0.2) is 0 Å². The molecule has 0 aliphatic rings. The van der Waals surface area contributed by atoms with Crippen molar-refractivity contribution in [2.45, 2.75) is 26.2 Å². The first-order chi connectivity index (χ1) is 10.1. The molecule has 0 spiro atoms. The third kappa shape index (κ3) is 6.18. The lowest BCUT2D eigenvalue weighted by atomic mass is 10.1. The van der Waals surface area contributed by atoms with Crippen molar-refractivity contribution in [3.63, 3.8) is 0 Å². The van der Waals surface area contributed by atoms with Crippen LogP contribution in [0.25, 0.3) is 0 Å². The zero-order chi connectivity index (χ0) is 15.7. The number of ether oxygens (including phenoxy) is 1. The van der Waals surface area contributed by atoms with Gasteiger partial charge in [-0.15, -0.1) is 0 Å². The number of carbonyl (C=O) groups excluding carboxylic acids is 1. The number of nitrogens with zero attached hydrogens (tertiary/aromatic N) is 1. The SMILES string of the molecule is Cc1ccccc1N(CCCN)C(=O)CCOCC(F)F.